The van der Waals surface area contributed by atoms with Gasteiger partial charge in [-0.1, -0.05) is 6.07 Å². The summed E-state index contributed by atoms with van der Waals surface area (Å²) in [6, 6.07) is 7.33. The molecule has 0 saturated heterocycles. The highest BCUT2D eigenvalue weighted by Gasteiger charge is 2.09. The van der Waals surface area contributed by atoms with Gasteiger partial charge in [-0.05, 0) is 12.1 Å². The molecule has 0 heterocycles. The lowest BCUT2D eigenvalue weighted by Gasteiger charge is -2.11. The summed E-state index contributed by atoms with van der Waals surface area (Å²) in [5, 5.41) is 20.5. The molecule has 0 amide bonds. The topological polar surface area (TPSA) is 90.4 Å². The Morgan fingerprint density at radius 1 is 1.37 bits per heavy atom. The molecule has 6 nitrogen and oxygen atoms in total. The number of methoxy groups -OCH3 is 1. The molecular weight excluding hydrogens is 251 g/mol. The number of anilines is 1. The number of hydrogen-bond donors (Lipinski definition) is 1. The summed E-state index contributed by atoms with van der Waals surface area (Å²) < 4.78 is 23.7. The predicted octanol–water partition coefficient (Wildman–Crippen LogP) is 1.67. The molecule has 0 aliphatic carbocycles. The van der Waals surface area contributed by atoms with Crippen LogP contribution in [-0.2, 0) is 4.74 Å². The predicted molar refractivity (Wildman–Crippen MR) is 66.1 cm³/mol. The largest absolute Gasteiger partial charge is 0.489 e. The molecule has 0 spiro atoms. The van der Waals surface area contributed by atoms with Gasteiger partial charge in [-0.25, -0.2) is 4.39 Å². The highest BCUT2D eigenvalue weighted by Crippen LogP contribution is 2.27. The SMILES string of the molecule is COCCOc1cccc(F)c1NN=C(C#N)C#N. The third-order valence-corrected chi connectivity index (χ3v) is 2.01. The van der Waals surface area contributed by atoms with E-state index in [4.69, 9.17) is 20.0 Å². The van der Waals surface area contributed by atoms with E-state index in [1.54, 1.807) is 12.1 Å². The van der Waals surface area contributed by atoms with Crippen molar-refractivity contribution >= 4 is 11.4 Å². The maximum atomic E-state index is 13.6. The van der Waals surface area contributed by atoms with Gasteiger partial charge in [0.2, 0.25) is 5.71 Å². The summed E-state index contributed by atoms with van der Waals surface area (Å²) in [5.74, 6) is -0.384. The second-order valence-electron chi connectivity index (χ2n) is 3.25. The number of hydrazone groups is 1. The van der Waals surface area contributed by atoms with Gasteiger partial charge in [-0.15, -0.1) is 0 Å². The van der Waals surface area contributed by atoms with Crippen molar-refractivity contribution in [2.24, 2.45) is 5.10 Å². The lowest BCUT2D eigenvalue weighted by Crippen LogP contribution is -2.07. The van der Waals surface area contributed by atoms with E-state index < -0.39 is 11.5 Å². The van der Waals surface area contributed by atoms with Gasteiger partial charge in [0.15, 0.2) is 5.82 Å². The molecule has 7 heteroatoms. The molecule has 19 heavy (non-hydrogen) atoms. The van der Waals surface area contributed by atoms with Gasteiger partial charge in [0.25, 0.3) is 0 Å². The van der Waals surface area contributed by atoms with Crippen molar-refractivity contribution in [3.63, 3.8) is 0 Å². The van der Waals surface area contributed by atoms with Gasteiger partial charge < -0.3 is 9.47 Å². The summed E-state index contributed by atoms with van der Waals surface area (Å²) in [4.78, 5) is 0. The molecule has 1 rings (SSSR count). The van der Waals surface area contributed by atoms with Crippen LogP contribution >= 0.6 is 0 Å². The van der Waals surface area contributed by atoms with Crippen molar-refractivity contribution in [3.05, 3.63) is 24.0 Å². The lowest BCUT2D eigenvalue weighted by molar-refractivity contribution is 0.146. The zero-order valence-corrected chi connectivity index (χ0v) is 10.2. The summed E-state index contributed by atoms with van der Waals surface area (Å²) >= 11 is 0. The maximum absolute atomic E-state index is 13.6. The zero-order valence-electron chi connectivity index (χ0n) is 10.2. The van der Waals surface area contributed by atoms with E-state index in [-0.39, 0.29) is 18.0 Å². The van der Waals surface area contributed by atoms with E-state index in [1.807, 2.05) is 0 Å². The molecule has 0 saturated carbocycles. The molecule has 0 aromatic heterocycles. The van der Waals surface area contributed by atoms with E-state index in [2.05, 4.69) is 10.5 Å². The summed E-state index contributed by atoms with van der Waals surface area (Å²) in [6.45, 7) is 0.586. The number of halogens is 1. The molecule has 0 unspecified atom stereocenters. The normalized spacial score (nSPS) is 9.05. The van der Waals surface area contributed by atoms with Gasteiger partial charge in [0.1, 0.15) is 30.2 Å². The van der Waals surface area contributed by atoms with Gasteiger partial charge in [-0.3, -0.25) is 5.43 Å². The monoisotopic (exact) mass is 262 g/mol. The summed E-state index contributed by atoms with van der Waals surface area (Å²) in [6.07, 6.45) is 0. The van der Waals surface area contributed by atoms with Crippen LogP contribution in [0, 0.1) is 28.5 Å². The standard InChI is InChI=1S/C12H11FN4O2/c1-18-5-6-19-11-4-2-3-10(13)12(11)17-16-9(7-14)8-15/h2-4,17H,5-6H2,1H3. The number of para-hydroxylation sites is 1. The van der Waals surface area contributed by atoms with E-state index in [1.165, 1.54) is 25.3 Å². The number of hydrogen-bond acceptors (Lipinski definition) is 6. The summed E-state index contributed by atoms with van der Waals surface area (Å²) in [5.41, 5.74) is 1.86. The minimum atomic E-state index is -0.603. The quantitative estimate of drug-likeness (QED) is 0.478. The van der Waals surface area contributed by atoms with Crippen molar-refractivity contribution < 1.29 is 13.9 Å². The van der Waals surface area contributed by atoms with E-state index in [9.17, 15) is 4.39 Å². The molecule has 0 bridgehead atoms. The van der Waals surface area contributed by atoms with Crippen LogP contribution in [0.25, 0.3) is 0 Å². The first-order valence-electron chi connectivity index (χ1n) is 5.27. The third-order valence-electron chi connectivity index (χ3n) is 2.01. The fourth-order valence-electron chi connectivity index (χ4n) is 1.15. The van der Waals surface area contributed by atoms with Crippen molar-refractivity contribution in [2.45, 2.75) is 0 Å². The molecule has 0 aliphatic heterocycles. The van der Waals surface area contributed by atoms with Crippen molar-refractivity contribution in [1.29, 1.82) is 10.5 Å². The van der Waals surface area contributed by atoms with Crippen molar-refractivity contribution in [3.8, 4) is 17.9 Å². The Balaban J connectivity index is 2.90. The Bertz CT molecular complexity index is 530. The Morgan fingerprint density at radius 3 is 2.74 bits per heavy atom. The van der Waals surface area contributed by atoms with Crippen LogP contribution in [0.2, 0.25) is 0 Å². The number of nitrogens with zero attached hydrogens (tertiary/aromatic N) is 3. The van der Waals surface area contributed by atoms with Crippen LogP contribution in [0.1, 0.15) is 0 Å². The number of rotatable bonds is 6. The first-order chi connectivity index (χ1) is 9.22. The maximum Gasteiger partial charge on any atom is 0.237 e. The van der Waals surface area contributed by atoms with Crippen LogP contribution < -0.4 is 10.2 Å². The minimum Gasteiger partial charge on any atom is -0.489 e. The molecular formula is C12H11FN4O2. The fraction of sp³-hybridized carbons (Fsp3) is 0.250. The van der Waals surface area contributed by atoms with Crippen LogP contribution in [0.3, 0.4) is 0 Å². The first kappa shape index (κ1) is 14.4. The average Bonchev–Trinajstić information content (AvgIpc) is 2.42. The van der Waals surface area contributed by atoms with Gasteiger partial charge >= 0.3 is 0 Å². The fourth-order valence-corrected chi connectivity index (χ4v) is 1.15. The highest BCUT2D eigenvalue weighted by atomic mass is 19.1. The lowest BCUT2D eigenvalue weighted by atomic mass is 10.3. The van der Waals surface area contributed by atoms with Gasteiger partial charge in [0, 0.05) is 7.11 Å². The molecule has 98 valence electrons. The molecule has 0 fully saturated rings. The van der Waals surface area contributed by atoms with Crippen LogP contribution in [-0.4, -0.2) is 26.0 Å². The molecule has 0 aliphatic rings. The Kier molecular flexibility index (Phi) is 5.80. The van der Waals surface area contributed by atoms with E-state index in [0.717, 1.165) is 0 Å². The number of benzene rings is 1. The third kappa shape index (κ3) is 4.26. The molecule has 0 radical (unpaired) electrons. The smallest absolute Gasteiger partial charge is 0.237 e. The van der Waals surface area contributed by atoms with E-state index in [0.29, 0.717) is 6.61 Å². The van der Waals surface area contributed by atoms with Crippen molar-refractivity contribution in [1.82, 2.24) is 0 Å². The first-order valence-corrected chi connectivity index (χ1v) is 5.27. The highest BCUT2D eigenvalue weighted by molar-refractivity contribution is 6.10. The number of ether oxygens (including phenoxy) is 2. The second-order valence-corrected chi connectivity index (χ2v) is 3.25. The number of nitrogens with one attached hydrogen (secondary N) is 1. The van der Waals surface area contributed by atoms with Crippen LogP contribution in [0.15, 0.2) is 23.3 Å². The minimum absolute atomic E-state index is 0.0402. The number of nitriles is 2. The van der Waals surface area contributed by atoms with Gasteiger partial charge in [0.05, 0.1) is 6.61 Å². The van der Waals surface area contributed by atoms with Crippen LogP contribution in [0.5, 0.6) is 5.75 Å². The van der Waals surface area contributed by atoms with E-state index >= 15 is 0 Å². The average molecular weight is 262 g/mol. The zero-order chi connectivity index (χ0) is 14.1. The second kappa shape index (κ2) is 7.64. The van der Waals surface area contributed by atoms with Crippen LogP contribution in [0.4, 0.5) is 10.1 Å². The Morgan fingerprint density at radius 2 is 2.11 bits per heavy atom. The molecule has 1 aromatic rings. The van der Waals surface area contributed by atoms with Crippen molar-refractivity contribution in [2.75, 3.05) is 25.7 Å². The Labute approximate surface area is 109 Å². The molecule has 1 N–H and O–H groups in total. The van der Waals surface area contributed by atoms with Gasteiger partial charge in [-0.2, -0.15) is 15.6 Å². The Hall–Kier alpha value is -2.64. The molecule has 0 atom stereocenters. The molecule has 1 aromatic carbocycles. The summed E-state index contributed by atoms with van der Waals surface area (Å²) in [7, 11) is 1.52.